The fourth-order valence-corrected chi connectivity index (χ4v) is 3.24. The summed E-state index contributed by atoms with van der Waals surface area (Å²) in [5.41, 5.74) is 2.97. The van der Waals surface area contributed by atoms with Crippen LogP contribution < -0.4 is 5.32 Å². The van der Waals surface area contributed by atoms with Crippen molar-refractivity contribution in [2.75, 3.05) is 26.9 Å². The van der Waals surface area contributed by atoms with Crippen molar-refractivity contribution in [1.82, 2.24) is 5.32 Å². The number of hydrogen-bond donors (Lipinski definition) is 2. The van der Waals surface area contributed by atoms with Crippen molar-refractivity contribution in [1.29, 1.82) is 0 Å². The molecule has 0 bridgehead atoms. The molecule has 1 aromatic rings. The molecule has 0 aromatic heterocycles. The van der Waals surface area contributed by atoms with Gasteiger partial charge in [0.2, 0.25) is 0 Å². The third-order valence-electron chi connectivity index (χ3n) is 4.16. The van der Waals surface area contributed by atoms with Gasteiger partial charge in [0.05, 0.1) is 25.0 Å². The van der Waals surface area contributed by atoms with E-state index in [1.54, 1.807) is 6.07 Å². The van der Waals surface area contributed by atoms with Crippen molar-refractivity contribution in [2.24, 2.45) is 0 Å². The molecule has 0 saturated carbocycles. The van der Waals surface area contributed by atoms with Gasteiger partial charge in [0.15, 0.2) is 0 Å². The van der Waals surface area contributed by atoms with E-state index in [1.165, 1.54) is 7.11 Å². The van der Waals surface area contributed by atoms with Gasteiger partial charge in [0.1, 0.15) is 6.61 Å². The predicted molar refractivity (Wildman–Crippen MR) is 98.8 cm³/mol. The van der Waals surface area contributed by atoms with Crippen LogP contribution in [0.4, 0.5) is 0 Å². The lowest BCUT2D eigenvalue weighted by Crippen LogP contribution is -2.32. The van der Waals surface area contributed by atoms with Gasteiger partial charge in [-0.1, -0.05) is 36.7 Å². The number of allylic oxidation sites excluding steroid dienone is 1. The lowest BCUT2D eigenvalue weighted by Gasteiger charge is -2.32. The van der Waals surface area contributed by atoms with Crippen LogP contribution in [-0.2, 0) is 19.3 Å². The normalized spacial score (nSPS) is 17.5. The van der Waals surface area contributed by atoms with Gasteiger partial charge in [0, 0.05) is 23.2 Å². The number of nitrogens with one attached hydrogen (secondary N) is 1. The van der Waals surface area contributed by atoms with Crippen LogP contribution in [0, 0.1) is 0 Å². The lowest BCUT2D eigenvalue weighted by molar-refractivity contribution is -0.265. The highest BCUT2D eigenvalue weighted by atomic mass is 35.5. The van der Waals surface area contributed by atoms with E-state index in [2.05, 4.69) is 5.32 Å². The topological polar surface area (TPSA) is 77.0 Å². The van der Waals surface area contributed by atoms with Gasteiger partial charge in [-0.05, 0) is 30.5 Å². The third kappa shape index (κ3) is 4.65. The summed E-state index contributed by atoms with van der Waals surface area (Å²) in [5.74, 6) is -1.59. The zero-order valence-corrected chi connectivity index (χ0v) is 15.9. The minimum Gasteiger partial charge on any atom is -0.478 e. The van der Waals surface area contributed by atoms with Crippen molar-refractivity contribution in [3.8, 4) is 0 Å². The fourth-order valence-electron chi connectivity index (χ4n) is 2.99. The van der Waals surface area contributed by atoms with Gasteiger partial charge in [-0.2, -0.15) is 0 Å². The van der Waals surface area contributed by atoms with Crippen LogP contribution in [0.25, 0.3) is 0 Å². The third-order valence-corrected chi connectivity index (χ3v) is 4.50. The summed E-state index contributed by atoms with van der Waals surface area (Å²) >= 11 is 6.39. The Balaban J connectivity index is 2.54. The van der Waals surface area contributed by atoms with Crippen LogP contribution in [0.15, 0.2) is 46.8 Å². The van der Waals surface area contributed by atoms with Crippen LogP contribution in [0.1, 0.15) is 31.7 Å². The summed E-state index contributed by atoms with van der Waals surface area (Å²) in [6.07, 6.45) is 0.853. The molecule has 0 radical (unpaired) electrons. The summed E-state index contributed by atoms with van der Waals surface area (Å²) in [5, 5.41) is 13.6. The van der Waals surface area contributed by atoms with Crippen LogP contribution in [0.2, 0.25) is 5.02 Å². The van der Waals surface area contributed by atoms with E-state index in [9.17, 15) is 9.90 Å². The zero-order valence-electron chi connectivity index (χ0n) is 15.2. The number of rotatable bonds is 9. The number of benzene rings is 1. The number of ether oxygens (including phenoxy) is 1. The Morgan fingerprint density at radius 3 is 2.65 bits per heavy atom. The Morgan fingerprint density at radius 2 is 2.04 bits per heavy atom. The van der Waals surface area contributed by atoms with E-state index in [0.717, 1.165) is 17.7 Å². The standard InChI is InChI=1S/C19H24ClNO5/c1-4-9-25-11-16-18(19(22)23)17(13-7-5-6-8-15(13)20)14(10-26-24-3)12(2)21-16/h5-8,17,21H,4,9-11H2,1-3H3,(H,22,23)/t17-/m1/s1. The summed E-state index contributed by atoms with van der Waals surface area (Å²) in [6.45, 7) is 4.73. The number of halogens is 1. The molecule has 1 aromatic carbocycles. The molecule has 1 heterocycles. The average Bonchev–Trinajstić information content (AvgIpc) is 2.61. The Labute approximate surface area is 158 Å². The van der Waals surface area contributed by atoms with Crippen molar-refractivity contribution in [3.63, 3.8) is 0 Å². The van der Waals surface area contributed by atoms with Crippen molar-refractivity contribution >= 4 is 17.6 Å². The Bertz CT molecular complexity index is 714. The van der Waals surface area contributed by atoms with Crippen LogP contribution in [-0.4, -0.2) is 38.0 Å². The molecule has 2 N–H and O–H groups in total. The molecule has 0 saturated heterocycles. The fraction of sp³-hybridized carbons (Fsp3) is 0.421. The van der Waals surface area contributed by atoms with Crippen LogP contribution in [0.5, 0.6) is 0 Å². The molecule has 1 atom stereocenters. The molecule has 6 nitrogen and oxygen atoms in total. The Hall–Kier alpha value is -1.86. The number of carboxylic acid groups (broad SMARTS) is 1. The highest BCUT2D eigenvalue weighted by molar-refractivity contribution is 6.31. The smallest absolute Gasteiger partial charge is 0.334 e. The van der Waals surface area contributed by atoms with E-state index in [0.29, 0.717) is 22.9 Å². The first kappa shape index (κ1) is 20.5. The number of carboxylic acids is 1. The minimum atomic E-state index is -1.03. The average molecular weight is 382 g/mol. The Morgan fingerprint density at radius 1 is 1.31 bits per heavy atom. The number of aliphatic carboxylic acids is 1. The second-order valence-electron chi connectivity index (χ2n) is 5.91. The molecule has 0 fully saturated rings. The monoisotopic (exact) mass is 381 g/mol. The summed E-state index contributed by atoms with van der Waals surface area (Å²) in [4.78, 5) is 22.0. The molecule has 26 heavy (non-hydrogen) atoms. The lowest BCUT2D eigenvalue weighted by atomic mass is 9.80. The molecule has 1 aliphatic rings. The first-order valence-electron chi connectivity index (χ1n) is 8.42. The molecular formula is C19H24ClNO5. The van der Waals surface area contributed by atoms with Gasteiger partial charge < -0.3 is 15.2 Å². The molecule has 142 valence electrons. The first-order valence-corrected chi connectivity index (χ1v) is 8.79. The van der Waals surface area contributed by atoms with Gasteiger partial charge in [-0.15, -0.1) is 0 Å². The molecule has 0 amide bonds. The first-order chi connectivity index (χ1) is 12.5. The van der Waals surface area contributed by atoms with Crippen molar-refractivity contribution in [3.05, 3.63) is 57.4 Å². The van der Waals surface area contributed by atoms with Gasteiger partial charge in [-0.3, -0.25) is 0 Å². The molecule has 1 aliphatic heterocycles. The van der Waals surface area contributed by atoms with Crippen LogP contribution in [0.3, 0.4) is 0 Å². The second-order valence-corrected chi connectivity index (χ2v) is 6.32. The van der Waals surface area contributed by atoms with Crippen molar-refractivity contribution < 1.29 is 24.4 Å². The molecule has 7 heteroatoms. The molecule has 2 rings (SSSR count). The zero-order chi connectivity index (χ0) is 19.1. The maximum atomic E-state index is 12.1. The van der Waals surface area contributed by atoms with Crippen molar-refractivity contribution in [2.45, 2.75) is 26.2 Å². The predicted octanol–water partition coefficient (Wildman–Crippen LogP) is 3.64. The quantitative estimate of drug-likeness (QED) is 0.386. The number of hydrogen-bond acceptors (Lipinski definition) is 5. The largest absolute Gasteiger partial charge is 0.478 e. The highest BCUT2D eigenvalue weighted by Crippen LogP contribution is 2.41. The van der Waals surface area contributed by atoms with Gasteiger partial charge in [0.25, 0.3) is 0 Å². The second kappa shape index (κ2) is 9.73. The molecule has 0 unspecified atom stereocenters. The summed E-state index contributed by atoms with van der Waals surface area (Å²) in [7, 11) is 1.41. The Kier molecular flexibility index (Phi) is 7.66. The van der Waals surface area contributed by atoms with Gasteiger partial charge >= 0.3 is 5.97 Å². The molecular weight excluding hydrogens is 358 g/mol. The van der Waals surface area contributed by atoms with E-state index < -0.39 is 11.9 Å². The van der Waals surface area contributed by atoms with E-state index >= 15 is 0 Å². The number of dihydropyridines is 1. The van der Waals surface area contributed by atoms with E-state index in [-0.39, 0.29) is 18.8 Å². The highest BCUT2D eigenvalue weighted by Gasteiger charge is 2.35. The maximum Gasteiger partial charge on any atom is 0.334 e. The number of carbonyl (C=O) groups is 1. The SMILES string of the molecule is CCCOCC1=C(C(=O)O)[C@H](c2ccccc2Cl)C(COOC)=C(C)N1. The van der Waals surface area contributed by atoms with E-state index in [1.807, 2.05) is 32.0 Å². The van der Waals surface area contributed by atoms with E-state index in [4.69, 9.17) is 26.1 Å². The summed E-state index contributed by atoms with van der Waals surface area (Å²) in [6, 6.07) is 7.21. The molecule has 0 spiro atoms. The van der Waals surface area contributed by atoms with Gasteiger partial charge in [-0.25, -0.2) is 14.6 Å². The maximum absolute atomic E-state index is 12.1. The minimum absolute atomic E-state index is 0.116. The summed E-state index contributed by atoms with van der Waals surface area (Å²) < 4.78 is 5.59. The molecule has 0 aliphatic carbocycles. The van der Waals surface area contributed by atoms with Crippen LogP contribution >= 0.6 is 11.6 Å².